The number of rotatable bonds is 5. The lowest BCUT2D eigenvalue weighted by Crippen LogP contribution is -2.48. The second-order valence-electron chi connectivity index (χ2n) is 4.04. The van der Waals surface area contributed by atoms with Crippen LogP contribution in [0.5, 0.6) is 0 Å². The number of likely N-dealkylation sites (N-methyl/N-ethyl adjacent to an activating group) is 1. The summed E-state index contributed by atoms with van der Waals surface area (Å²) in [6, 6.07) is -0.599. The van der Waals surface area contributed by atoms with Crippen LogP contribution in [-0.2, 0) is 9.59 Å². The third-order valence-electron chi connectivity index (χ3n) is 2.46. The maximum absolute atomic E-state index is 11.5. The number of carbonyl (C=O) groups excluding carboxylic acids is 1. The molecule has 0 saturated heterocycles. The first-order chi connectivity index (χ1) is 6.77. The van der Waals surface area contributed by atoms with Crippen molar-refractivity contribution in [1.82, 2.24) is 10.2 Å². The predicted octanol–water partition coefficient (Wildman–Crippen LogP) is 0.162. The molecular formula is C10H20N2O3. The van der Waals surface area contributed by atoms with Crippen LogP contribution < -0.4 is 5.32 Å². The van der Waals surface area contributed by atoms with Crippen molar-refractivity contribution >= 4 is 11.9 Å². The Bertz CT molecular complexity index is 241. The molecule has 0 aromatic heterocycles. The SMILES string of the molecule is CC(NC(C)C(C)C(=O)O)C(=O)N(C)C. The van der Waals surface area contributed by atoms with Gasteiger partial charge >= 0.3 is 5.97 Å². The van der Waals surface area contributed by atoms with Crippen LogP contribution in [0.25, 0.3) is 0 Å². The fourth-order valence-electron chi connectivity index (χ4n) is 1.21. The number of carboxylic acids is 1. The van der Waals surface area contributed by atoms with Crippen molar-refractivity contribution < 1.29 is 14.7 Å². The molecule has 5 heteroatoms. The number of hydrogen-bond acceptors (Lipinski definition) is 3. The number of carbonyl (C=O) groups is 2. The Morgan fingerprint density at radius 1 is 1.20 bits per heavy atom. The summed E-state index contributed by atoms with van der Waals surface area (Å²) in [6.07, 6.45) is 0. The Labute approximate surface area is 90.5 Å². The summed E-state index contributed by atoms with van der Waals surface area (Å²) >= 11 is 0. The van der Waals surface area contributed by atoms with Crippen LogP contribution in [0.1, 0.15) is 20.8 Å². The van der Waals surface area contributed by atoms with Gasteiger partial charge in [0.1, 0.15) is 0 Å². The summed E-state index contributed by atoms with van der Waals surface area (Å²) < 4.78 is 0. The fourth-order valence-corrected chi connectivity index (χ4v) is 1.21. The molecule has 0 saturated carbocycles. The minimum absolute atomic E-state index is 0.0561. The van der Waals surface area contributed by atoms with E-state index in [-0.39, 0.29) is 18.0 Å². The van der Waals surface area contributed by atoms with E-state index in [9.17, 15) is 9.59 Å². The highest BCUT2D eigenvalue weighted by molar-refractivity contribution is 5.81. The van der Waals surface area contributed by atoms with Crippen LogP contribution in [0.4, 0.5) is 0 Å². The third-order valence-corrected chi connectivity index (χ3v) is 2.46. The normalized spacial score (nSPS) is 16.6. The first kappa shape index (κ1) is 13.9. The summed E-state index contributed by atoms with van der Waals surface area (Å²) in [5.41, 5.74) is 0. The number of carboxylic acid groups (broad SMARTS) is 1. The number of nitrogens with one attached hydrogen (secondary N) is 1. The molecule has 0 aliphatic carbocycles. The van der Waals surface area contributed by atoms with Gasteiger partial charge in [0.25, 0.3) is 0 Å². The summed E-state index contributed by atoms with van der Waals surface area (Å²) in [7, 11) is 3.34. The first-order valence-corrected chi connectivity index (χ1v) is 4.97. The zero-order valence-corrected chi connectivity index (χ0v) is 9.94. The van der Waals surface area contributed by atoms with Crippen molar-refractivity contribution in [1.29, 1.82) is 0 Å². The molecule has 0 aliphatic heterocycles. The fraction of sp³-hybridized carbons (Fsp3) is 0.800. The number of aliphatic carboxylic acids is 1. The molecule has 0 aromatic carbocycles. The van der Waals surface area contributed by atoms with E-state index in [0.717, 1.165) is 0 Å². The molecule has 15 heavy (non-hydrogen) atoms. The molecule has 0 aromatic rings. The lowest BCUT2D eigenvalue weighted by Gasteiger charge is -2.24. The van der Waals surface area contributed by atoms with Crippen molar-refractivity contribution in [2.24, 2.45) is 5.92 Å². The quantitative estimate of drug-likeness (QED) is 0.687. The van der Waals surface area contributed by atoms with E-state index >= 15 is 0 Å². The van der Waals surface area contributed by atoms with Crippen LogP contribution >= 0.6 is 0 Å². The summed E-state index contributed by atoms with van der Waals surface area (Å²) in [4.78, 5) is 23.7. The van der Waals surface area contributed by atoms with Gasteiger partial charge in [-0.05, 0) is 13.8 Å². The van der Waals surface area contributed by atoms with Crippen molar-refractivity contribution in [2.75, 3.05) is 14.1 Å². The Hall–Kier alpha value is -1.10. The molecule has 3 unspecified atom stereocenters. The van der Waals surface area contributed by atoms with E-state index in [4.69, 9.17) is 5.11 Å². The Morgan fingerprint density at radius 2 is 1.67 bits per heavy atom. The molecule has 0 fully saturated rings. The molecule has 0 rings (SSSR count). The molecule has 0 heterocycles. The van der Waals surface area contributed by atoms with E-state index in [1.807, 2.05) is 0 Å². The van der Waals surface area contributed by atoms with Crippen LogP contribution in [0, 0.1) is 5.92 Å². The minimum atomic E-state index is -0.862. The van der Waals surface area contributed by atoms with Crippen molar-refractivity contribution in [2.45, 2.75) is 32.9 Å². The van der Waals surface area contributed by atoms with Gasteiger partial charge in [-0.2, -0.15) is 0 Å². The van der Waals surface area contributed by atoms with Crippen LogP contribution in [0.3, 0.4) is 0 Å². The highest BCUT2D eigenvalue weighted by Crippen LogP contribution is 2.04. The highest BCUT2D eigenvalue weighted by atomic mass is 16.4. The van der Waals surface area contributed by atoms with Gasteiger partial charge in [-0.15, -0.1) is 0 Å². The molecule has 1 amide bonds. The average Bonchev–Trinajstić information content (AvgIpc) is 2.14. The molecule has 88 valence electrons. The average molecular weight is 216 g/mol. The van der Waals surface area contributed by atoms with Crippen molar-refractivity contribution in [3.8, 4) is 0 Å². The largest absolute Gasteiger partial charge is 0.481 e. The standard InChI is InChI=1S/C10H20N2O3/c1-6(10(14)15)7(2)11-8(3)9(13)12(4)5/h6-8,11H,1-5H3,(H,14,15). The van der Waals surface area contributed by atoms with E-state index in [1.165, 1.54) is 4.90 Å². The molecule has 0 aliphatic rings. The van der Waals surface area contributed by atoms with Crippen LogP contribution in [0.2, 0.25) is 0 Å². The molecule has 2 N–H and O–H groups in total. The van der Waals surface area contributed by atoms with E-state index in [2.05, 4.69) is 5.32 Å². The summed E-state index contributed by atoms with van der Waals surface area (Å²) in [5, 5.41) is 11.7. The summed E-state index contributed by atoms with van der Waals surface area (Å²) in [5.74, 6) is -1.43. The Kier molecular flexibility index (Phi) is 5.28. The smallest absolute Gasteiger partial charge is 0.307 e. The monoisotopic (exact) mass is 216 g/mol. The zero-order chi connectivity index (χ0) is 12.2. The predicted molar refractivity (Wildman–Crippen MR) is 57.6 cm³/mol. The van der Waals surface area contributed by atoms with Gasteiger partial charge in [-0.3, -0.25) is 9.59 Å². The van der Waals surface area contributed by atoms with Crippen LogP contribution in [-0.4, -0.2) is 48.1 Å². The van der Waals surface area contributed by atoms with Gasteiger partial charge in [0.05, 0.1) is 12.0 Å². The van der Waals surface area contributed by atoms with E-state index in [1.54, 1.807) is 34.9 Å². The second-order valence-corrected chi connectivity index (χ2v) is 4.04. The lowest BCUT2D eigenvalue weighted by atomic mass is 10.0. The minimum Gasteiger partial charge on any atom is -0.481 e. The van der Waals surface area contributed by atoms with Crippen LogP contribution in [0.15, 0.2) is 0 Å². The molecule has 3 atom stereocenters. The lowest BCUT2D eigenvalue weighted by molar-refractivity contribution is -0.142. The third kappa shape index (κ3) is 4.29. The maximum Gasteiger partial charge on any atom is 0.307 e. The first-order valence-electron chi connectivity index (χ1n) is 4.97. The Morgan fingerprint density at radius 3 is 2.00 bits per heavy atom. The van der Waals surface area contributed by atoms with E-state index < -0.39 is 11.9 Å². The maximum atomic E-state index is 11.5. The van der Waals surface area contributed by atoms with Gasteiger partial charge in [0, 0.05) is 20.1 Å². The molecular weight excluding hydrogens is 196 g/mol. The molecule has 5 nitrogen and oxygen atoms in total. The van der Waals surface area contributed by atoms with Crippen molar-refractivity contribution in [3.63, 3.8) is 0 Å². The zero-order valence-electron chi connectivity index (χ0n) is 9.94. The van der Waals surface area contributed by atoms with Gasteiger partial charge in [-0.1, -0.05) is 6.92 Å². The number of nitrogens with zero attached hydrogens (tertiary/aromatic N) is 1. The highest BCUT2D eigenvalue weighted by Gasteiger charge is 2.23. The van der Waals surface area contributed by atoms with Gasteiger partial charge < -0.3 is 15.3 Å². The van der Waals surface area contributed by atoms with Gasteiger partial charge in [0.15, 0.2) is 0 Å². The second kappa shape index (κ2) is 5.70. The molecule has 0 radical (unpaired) electrons. The van der Waals surface area contributed by atoms with Gasteiger partial charge in [-0.25, -0.2) is 0 Å². The summed E-state index contributed by atoms with van der Waals surface area (Å²) in [6.45, 7) is 5.11. The Balaban J connectivity index is 4.23. The van der Waals surface area contributed by atoms with Gasteiger partial charge in [0.2, 0.25) is 5.91 Å². The van der Waals surface area contributed by atoms with E-state index in [0.29, 0.717) is 0 Å². The van der Waals surface area contributed by atoms with Crippen molar-refractivity contribution in [3.05, 3.63) is 0 Å². The number of amides is 1. The number of hydrogen-bond donors (Lipinski definition) is 2. The molecule has 0 bridgehead atoms. The molecule has 0 spiro atoms. The topological polar surface area (TPSA) is 69.6 Å².